The van der Waals surface area contributed by atoms with Crippen molar-refractivity contribution in [2.75, 3.05) is 6.61 Å². The van der Waals surface area contributed by atoms with Gasteiger partial charge in [0.05, 0.1) is 17.4 Å². The first-order valence-electron chi connectivity index (χ1n) is 5.74. The predicted molar refractivity (Wildman–Crippen MR) is 68.3 cm³/mol. The van der Waals surface area contributed by atoms with Gasteiger partial charge in [0.1, 0.15) is 5.25 Å². The Morgan fingerprint density at radius 2 is 1.88 bits per heavy atom. The van der Waals surface area contributed by atoms with Crippen LogP contribution in [0.3, 0.4) is 0 Å². The lowest BCUT2D eigenvalue weighted by molar-refractivity contribution is -0.142. The molecule has 3 nitrogen and oxygen atoms in total. The van der Waals surface area contributed by atoms with Crippen LogP contribution in [-0.2, 0) is 20.3 Å². The Labute approximate surface area is 105 Å². The number of esters is 1. The van der Waals surface area contributed by atoms with E-state index in [9.17, 15) is 9.00 Å². The summed E-state index contributed by atoms with van der Waals surface area (Å²) in [6.07, 6.45) is 0.513. The van der Waals surface area contributed by atoms with Crippen LogP contribution in [0.25, 0.3) is 0 Å². The van der Waals surface area contributed by atoms with E-state index in [2.05, 4.69) is 0 Å². The van der Waals surface area contributed by atoms with Crippen LogP contribution in [0.5, 0.6) is 0 Å². The maximum Gasteiger partial charge on any atom is 0.322 e. The molecule has 1 rings (SSSR count). The van der Waals surface area contributed by atoms with E-state index < -0.39 is 16.0 Å². The third-order valence-electron chi connectivity index (χ3n) is 2.43. The van der Waals surface area contributed by atoms with Gasteiger partial charge >= 0.3 is 5.97 Å². The van der Waals surface area contributed by atoms with Gasteiger partial charge in [-0.15, -0.1) is 0 Å². The van der Waals surface area contributed by atoms with Gasteiger partial charge in [-0.3, -0.25) is 9.00 Å². The summed E-state index contributed by atoms with van der Waals surface area (Å²) < 4.78 is 17.1. The lowest BCUT2D eigenvalue weighted by Gasteiger charge is -2.13. The van der Waals surface area contributed by atoms with E-state index >= 15 is 0 Å². The summed E-state index contributed by atoms with van der Waals surface area (Å²) in [7, 11) is -1.34. The van der Waals surface area contributed by atoms with Crippen molar-refractivity contribution in [1.29, 1.82) is 0 Å². The molecule has 0 aliphatic rings. The molecule has 94 valence electrons. The average Bonchev–Trinajstić information content (AvgIpc) is 2.31. The molecular weight excluding hydrogens is 236 g/mol. The van der Waals surface area contributed by atoms with E-state index in [1.54, 1.807) is 19.1 Å². The van der Waals surface area contributed by atoms with Crippen molar-refractivity contribution in [2.24, 2.45) is 0 Å². The Morgan fingerprint density at radius 3 is 2.35 bits per heavy atom. The van der Waals surface area contributed by atoms with Gasteiger partial charge in [-0.1, -0.05) is 24.6 Å². The van der Waals surface area contributed by atoms with Crippen LogP contribution >= 0.6 is 0 Å². The molecule has 0 fully saturated rings. The summed E-state index contributed by atoms with van der Waals surface area (Å²) in [5, 5.41) is -0.572. The van der Waals surface area contributed by atoms with Crippen molar-refractivity contribution in [2.45, 2.75) is 37.3 Å². The third-order valence-corrected chi connectivity index (χ3v) is 4.21. The summed E-state index contributed by atoms with van der Waals surface area (Å²) in [6.45, 7) is 5.88. The second kappa shape index (κ2) is 6.55. The number of hydrogen-bond acceptors (Lipinski definition) is 3. The van der Waals surface area contributed by atoms with E-state index in [0.717, 1.165) is 5.56 Å². The molecule has 0 radical (unpaired) electrons. The van der Waals surface area contributed by atoms with Crippen LogP contribution < -0.4 is 0 Å². The fraction of sp³-hybridized carbons (Fsp3) is 0.462. The van der Waals surface area contributed by atoms with E-state index in [-0.39, 0.29) is 5.97 Å². The van der Waals surface area contributed by atoms with E-state index in [1.165, 1.54) is 0 Å². The zero-order chi connectivity index (χ0) is 12.8. The number of carbonyl (C=O) groups excluding carboxylic acids is 1. The van der Waals surface area contributed by atoms with E-state index in [1.807, 2.05) is 26.0 Å². The van der Waals surface area contributed by atoms with Crippen LogP contribution in [0.2, 0.25) is 0 Å². The Balaban J connectivity index is 2.86. The van der Waals surface area contributed by atoms with E-state index in [4.69, 9.17) is 4.74 Å². The largest absolute Gasteiger partial charge is 0.465 e. The Kier molecular flexibility index (Phi) is 5.35. The first-order chi connectivity index (χ1) is 8.10. The summed E-state index contributed by atoms with van der Waals surface area (Å²) in [6, 6.07) is 7.39. The molecule has 1 aromatic rings. The highest BCUT2D eigenvalue weighted by molar-refractivity contribution is 7.86. The van der Waals surface area contributed by atoms with Crippen molar-refractivity contribution >= 4 is 16.8 Å². The molecule has 0 saturated carbocycles. The van der Waals surface area contributed by atoms with Gasteiger partial charge in [0, 0.05) is 4.90 Å². The van der Waals surface area contributed by atoms with E-state index in [0.29, 0.717) is 17.9 Å². The number of carbonyl (C=O) groups is 1. The van der Waals surface area contributed by atoms with Crippen LogP contribution in [-0.4, -0.2) is 22.0 Å². The molecule has 2 atom stereocenters. The molecular formula is C13H18O3S. The molecule has 0 aliphatic heterocycles. The van der Waals surface area contributed by atoms with Crippen LogP contribution in [0.15, 0.2) is 29.2 Å². The van der Waals surface area contributed by atoms with Crippen molar-refractivity contribution < 1.29 is 13.7 Å². The van der Waals surface area contributed by atoms with Crippen molar-refractivity contribution in [3.8, 4) is 0 Å². The number of benzene rings is 1. The molecule has 1 aromatic carbocycles. The minimum absolute atomic E-state index is 0.320. The number of ether oxygens (including phenoxy) is 1. The molecule has 2 unspecified atom stereocenters. The second-order valence-electron chi connectivity index (χ2n) is 3.76. The fourth-order valence-corrected chi connectivity index (χ4v) is 2.76. The van der Waals surface area contributed by atoms with Crippen molar-refractivity contribution in [1.82, 2.24) is 0 Å². The highest BCUT2D eigenvalue weighted by Crippen LogP contribution is 2.15. The van der Waals surface area contributed by atoms with Gasteiger partial charge in [-0.2, -0.15) is 0 Å². The normalized spacial score (nSPS) is 14.1. The fourth-order valence-electron chi connectivity index (χ4n) is 1.48. The maximum atomic E-state index is 12.2. The smallest absolute Gasteiger partial charge is 0.322 e. The quantitative estimate of drug-likeness (QED) is 0.758. The second-order valence-corrected chi connectivity index (χ2v) is 5.39. The van der Waals surface area contributed by atoms with Gasteiger partial charge in [-0.05, 0) is 32.4 Å². The maximum absolute atomic E-state index is 12.2. The number of rotatable bonds is 5. The Hall–Kier alpha value is -1.16. The highest BCUT2D eigenvalue weighted by atomic mass is 32.2. The zero-order valence-corrected chi connectivity index (χ0v) is 11.3. The predicted octanol–water partition coefficient (Wildman–Crippen LogP) is 2.44. The summed E-state index contributed by atoms with van der Waals surface area (Å²) in [5.41, 5.74) is 1.11. The molecule has 0 bridgehead atoms. The highest BCUT2D eigenvalue weighted by Gasteiger charge is 2.25. The topological polar surface area (TPSA) is 43.4 Å². The van der Waals surface area contributed by atoms with Gasteiger partial charge in [-0.25, -0.2) is 0 Å². The molecule has 0 amide bonds. The van der Waals surface area contributed by atoms with Crippen LogP contribution in [0.1, 0.15) is 25.8 Å². The standard InChI is InChI=1S/C13H18O3S/c1-4-12(13(14)16-5-2)17(15)11-8-6-10(3)7-9-11/h6-9,12H,4-5H2,1-3H3. The molecule has 0 saturated heterocycles. The van der Waals surface area contributed by atoms with Gasteiger partial charge in [0.15, 0.2) is 0 Å². The summed E-state index contributed by atoms with van der Waals surface area (Å²) >= 11 is 0. The average molecular weight is 254 g/mol. The first-order valence-corrected chi connectivity index (χ1v) is 6.95. The number of hydrogen-bond donors (Lipinski definition) is 0. The molecule has 0 spiro atoms. The van der Waals surface area contributed by atoms with Gasteiger partial charge in [0.25, 0.3) is 0 Å². The third kappa shape index (κ3) is 3.66. The summed E-state index contributed by atoms with van der Waals surface area (Å²) in [5.74, 6) is -0.381. The lowest BCUT2D eigenvalue weighted by Crippen LogP contribution is -2.27. The molecule has 17 heavy (non-hydrogen) atoms. The molecule has 0 aliphatic carbocycles. The molecule has 4 heteroatoms. The SMILES string of the molecule is CCOC(=O)C(CC)S(=O)c1ccc(C)cc1. The minimum atomic E-state index is -1.34. The van der Waals surface area contributed by atoms with Crippen LogP contribution in [0, 0.1) is 6.92 Å². The lowest BCUT2D eigenvalue weighted by atomic mass is 10.2. The Morgan fingerprint density at radius 1 is 1.29 bits per heavy atom. The molecule has 0 aromatic heterocycles. The molecule has 0 heterocycles. The van der Waals surface area contributed by atoms with Gasteiger partial charge < -0.3 is 4.74 Å². The van der Waals surface area contributed by atoms with Gasteiger partial charge in [0.2, 0.25) is 0 Å². The van der Waals surface area contributed by atoms with Crippen molar-refractivity contribution in [3.05, 3.63) is 29.8 Å². The Bertz CT molecular complexity index is 398. The zero-order valence-electron chi connectivity index (χ0n) is 10.4. The first kappa shape index (κ1) is 13.9. The molecule has 0 N–H and O–H groups in total. The minimum Gasteiger partial charge on any atom is -0.465 e. The number of aryl methyl sites for hydroxylation is 1. The van der Waals surface area contributed by atoms with Crippen molar-refractivity contribution in [3.63, 3.8) is 0 Å². The van der Waals surface area contributed by atoms with Crippen LogP contribution in [0.4, 0.5) is 0 Å². The monoisotopic (exact) mass is 254 g/mol. The summed E-state index contributed by atoms with van der Waals surface area (Å²) in [4.78, 5) is 12.3.